The van der Waals surface area contributed by atoms with Crippen molar-refractivity contribution in [2.24, 2.45) is 5.73 Å². The Hall–Kier alpha value is -1.09. The van der Waals surface area contributed by atoms with Gasteiger partial charge in [-0.2, -0.15) is 0 Å². The number of halogens is 1. The number of hydrogen-bond acceptors (Lipinski definition) is 2. The van der Waals surface area contributed by atoms with Gasteiger partial charge in [-0.25, -0.2) is 4.39 Å². The second kappa shape index (κ2) is 5.30. The zero-order valence-corrected chi connectivity index (χ0v) is 9.51. The Morgan fingerprint density at radius 2 is 2.00 bits per heavy atom. The third-order valence-corrected chi connectivity index (χ3v) is 3.25. The average molecular weight is 222 g/mol. The third kappa shape index (κ3) is 2.73. The second-order valence-corrected chi connectivity index (χ2v) is 4.49. The first-order valence-electron chi connectivity index (χ1n) is 6.04. The van der Waals surface area contributed by atoms with Gasteiger partial charge in [0.2, 0.25) is 0 Å². The van der Waals surface area contributed by atoms with E-state index in [1.165, 1.54) is 32.1 Å². The smallest absolute Gasteiger partial charge is 0.129 e. The normalized spacial score (nSPS) is 17.4. The van der Waals surface area contributed by atoms with E-state index in [1.54, 1.807) is 12.1 Å². The van der Waals surface area contributed by atoms with Crippen molar-refractivity contribution in [2.45, 2.75) is 44.7 Å². The third-order valence-electron chi connectivity index (χ3n) is 3.25. The van der Waals surface area contributed by atoms with E-state index < -0.39 is 0 Å². The van der Waals surface area contributed by atoms with Gasteiger partial charge in [-0.1, -0.05) is 25.3 Å². The molecule has 0 radical (unpaired) electrons. The summed E-state index contributed by atoms with van der Waals surface area (Å²) in [6, 6.07) is 5.74. The minimum Gasteiger partial charge on any atom is -0.382 e. The molecule has 0 spiro atoms. The SMILES string of the molecule is NCc1ccc(NC2CCCCC2)cc1F. The van der Waals surface area contributed by atoms with E-state index in [2.05, 4.69) is 5.32 Å². The fraction of sp³-hybridized carbons (Fsp3) is 0.538. The van der Waals surface area contributed by atoms with E-state index in [9.17, 15) is 4.39 Å². The number of nitrogens with one attached hydrogen (secondary N) is 1. The summed E-state index contributed by atoms with van der Waals surface area (Å²) < 4.78 is 13.5. The first-order chi connectivity index (χ1) is 7.79. The van der Waals surface area contributed by atoms with Crippen LogP contribution in [0.2, 0.25) is 0 Å². The molecule has 1 aromatic carbocycles. The molecule has 0 atom stereocenters. The maximum absolute atomic E-state index is 13.5. The lowest BCUT2D eigenvalue weighted by Gasteiger charge is -2.24. The number of hydrogen-bond donors (Lipinski definition) is 2. The Labute approximate surface area is 96.0 Å². The van der Waals surface area contributed by atoms with Crippen molar-refractivity contribution in [1.29, 1.82) is 0 Å². The van der Waals surface area contributed by atoms with Crippen LogP contribution < -0.4 is 11.1 Å². The summed E-state index contributed by atoms with van der Waals surface area (Å²) in [6.45, 7) is 0.259. The highest BCUT2D eigenvalue weighted by Gasteiger charge is 2.13. The van der Waals surface area contributed by atoms with Crippen LogP contribution in [0.4, 0.5) is 10.1 Å². The predicted molar refractivity (Wildman–Crippen MR) is 64.8 cm³/mol. The Morgan fingerprint density at radius 1 is 1.25 bits per heavy atom. The van der Waals surface area contributed by atoms with Gasteiger partial charge in [0.05, 0.1) is 0 Å². The number of benzene rings is 1. The lowest BCUT2D eigenvalue weighted by molar-refractivity contribution is 0.462. The standard InChI is InChI=1S/C13H19FN2/c14-13-8-12(7-6-10(13)9-15)16-11-4-2-1-3-5-11/h6-8,11,16H,1-5,9,15H2. The molecular formula is C13H19FN2. The van der Waals surface area contributed by atoms with Crippen molar-refractivity contribution in [3.05, 3.63) is 29.6 Å². The van der Waals surface area contributed by atoms with Gasteiger partial charge in [-0.05, 0) is 25.0 Å². The summed E-state index contributed by atoms with van der Waals surface area (Å²) in [4.78, 5) is 0. The van der Waals surface area contributed by atoms with E-state index in [0.717, 1.165) is 5.69 Å². The Kier molecular flexibility index (Phi) is 3.78. The Morgan fingerprint density at radius 3 is 2.62 bits per heavy atom. The summed E-state index contributed by atoms with van der Waals surface area (Å²) in [5, 5.41) is 3.39. The maximum atomic E-state index is 13.5. The monoisotopic (exact) mass is 222 g/mol. The minimum atomic E-state index is -0.205. The molecule has 2 rings (SSSR count). The van der Waals surface area contributed by atoms with E-state index in [0.29, 0.717) is 11.6 Å². The quantitative estimate of drug-likeness (QED) is 0.825. The second-order valence-electron chi connectivity index (χ2n) is 4.49. The molecule has 0 aromatic heterocycles. The van der Waals surface area contributed by atoms with Crippen LogP contribution in [0.25, 0.3) is 0 Å². The molecule has 0 bridgehead atoms. The average Bonchev–Trinajstić information content (AvgIpc) is 2.31. The highest BCUT2D eigenvalue weighted by Crippen LogP contribution is 2.22. The molecule has 1 aliphatic rings. The van der Waals surface area contributed by atoms with Gasteiger partial charge in [0.1, 0.15) is 5.82 Å². The van der Waals surface area contributed by atoms with Gasteiger partial charge in [0, 0.05) is 23.8 Å². The molecule has 0 unspecified atom stereocenters. The fourth-order valence-corrected chi connectivity index (χ4v) is 2.29. The van der Waals surface area contributed by atoms with E-state index in [-0.39, 0.29) is 12.4 Å². The van der Waals surface area contributed by atoms with E-state index in [1.807, 2.05) is 6.07 Å². The van der Waals surface area contributed by atoms with Gasteiger partial charge >= 0.3 is 0 Å². The summed E-state index contributed by atoms with van der Waals surface area (Å²) in [6.07, 6.45) is 6.28. The molecule has 1 fully saturated rings. The lowest BCUT2D eigenvalue weighted by Crippen LogP contribution is -2.22. The van der Waals surface area contributed by atoms with Crippen molar-refractivity contribution in [1.82, 2.24) is 0 Å². The lowest BCUT2D eigenvalue weighted by atomic mass is 9.95. The summed E-state index contributed by atoms with van der Waals surface area (Å²) in [5.74, 6) is -0.205. The summed E-state index contributed by atoms with van der Waals surface area (Å²) >= 11 is 0. The summed E-state index contributed by atoms with van der Waals surface area (Å²) in [5.41, 5.74) is 6.88. The minimum absolute atomic E-state index is 0.205. The number of anilines is 1. The fourth-order valence-electron chi connectivity index (χ4n) is 2.29. The molecule has 16 heavy (non-hydrogen) atoms. The van der Waals surface area contributed by atoms with Crippen molar-refractivity contribution < 1.29 is 4.39 Å². The van der Waals surface area contributed by atoms with Crippen LogP contribution in [-0.2, 0) is 6.54 Å². The van der Waals surface area contributed by atoms with Crippen molar-refractivity contribution >= 4 is 5.69 Å². The van der Waals surface area contributed by atoms with Crippen LogP contribution in [0.15, 0.2) is 18.2 Å². The van der Waals surface area contributed by atoms with E-state index in [4.69, 9.17) is 5.73 Å². The molecule has 0 aliphatic heterocycles. The zero-order chi connectivity index (χ0) is 11.4. The molecule has 2 nitrogen and oxygen atoms in total. The zero-order valence-electron chi connectivity index (χ0n) is 9.51. The topological polar surface area (TPSA) is 38.0 Å². The molecule has 0 saturated heterocycles. The van der Waals surface area contributed by atoms with Crippen molar-refractivity contribution in [3.8, 4) is 0 Å². The van der Waals surface area contributed by atoms with Gasteiger partial charge in [-0.15, -0.1) is 0 Å². The first-order valence-corrected chi connectivity index (χ1v) is 6.04. The van der Waals surface area contributed by atoms with Crippen LogP contribution in [-0.4, -0.2) is 6.04 Å². The molecule has 1 aliphatic carbocycles. The van der Waals surface area contributed by atoms with E-state index >= 15 is 0 Å². The highest BCUT2D eigenvalue weighted by atomic mass is 19.1. The van der Waals surface area contributed by atoms with Crippen LogP contribution >= 0.6 is 0 Å². The molecular weight excluding hydrogens is 203 g/mol. The van der Waals surface area contributed by atoms with Gasteiger partial charge < -0.3 is 11.1 Å². The predicted octanol–water partition coefficient (Wildman–Crippen LogP) is 3.03. The maximum Gasteiger partial charge on any atom is 0.129 e. The number of nitrogens with two attached hydrogens (primary N) is 1. The molecule has 0 heterocycles. The highest BCUT2D eigenvalue weighted by molar-refractivity contribution is 5.46. The van der Waals surface area contributed by atoms with Crippen LogP contribution in [0, 0.1) is 5.82 Å². The molecule has 1 aromatic rings. The van der Waals surface area contributed by atoms with Crippen molar-refractivity contribution in [2.75, 3.05) is 5.32 Å². The van der Waals surface area contributed by atoms with Crippen LogP contribution in [0.1, 0.15) is 37.7 Å². The molecule has 1 saturated carbocycles. The van der Waals surface area contributed by atoms with Gasteiger partial charge in [-0.3, -0.25) is 0 Å². The van der Waals surface area contributed by atoms with Crippen molar-refractivity contribution in [3.63, 3.8) is 0 Å². The molecule has 0 amide bonds. The van der Waals surface area contributed by atoms with Gasteiger partial charge in [0.15, 0.2) is 0 Å². The van der Waals surface area contributed by atoms with Crippen LogP contribution in [0.5, 0.6) is 0 Å². The Balaban J connectivity index is 2.01. The summed E-state index contributed by atoms with van der Waals surface area (Å²) in [7, 11) is 0. The number of rotatable bonds is 3. The largest absolute Gasteiger partial charge is 0.382 e. The van der Waals surface area contributed by atoms with Gasteiger partial charge in [0.25, 0.3) is 0 Å². The first kappa shape index (κ1) is 11.4. The Bertz CT molecular complexity index is 346. The molecule has 88 valence electrons. The van der Waals surface area contributed by atoms with Crippen LogP contribution in [0.3, 0.4) is 0 Å². The molecule has 3 heteroatoms. The molecule has 3 N–H and O–H groups in total.